The molecule has 0 aromatic carbocycles. The molecule has 0 aromatic heterocycles. The smallest absolute Gasteiger partial charge is 0.0328 e. The Labute approximate surface area is 96.4 Å². The van der Waals surface area contributed by atoms with Crippen LogP contribution in [0.25, 0.3) is 0 Å². The maximum absolute atomic E-state index is 3.54. The highest BCUT2D eigenvalue weighted by Crippen LogP contribution is 2.29. The first-order valence-electron chi connectivity index (χ1n) is 6.32. The van der Waals surface area contributed by atoms with Gasteiger partial charge in [0.15, 0.2) is 0 Å². The Hall–Kier alpha value is -0.0800. The summed E-state index contributed by atoms with van der Waals surface area (Å²) in [6, 6.07) is 0.576. The lowest BCUT2D eigenvalue weighted by Crippen LogP contribution is -2.59. The predicted octanol–water partition coefficient (Wildman–Crippen LogP) is 2.74. The van der Waals surface area contributed by atoms with Crippen LogP contribution in [0.4, 0.5) is 0 Å². The van der Waals surface area contributed by atoms with E-state index in [1.54, 1.807) is 0 Å². The van der Waals surface area contributed by atoms with Crippen molar-refractivity contribution in [2.75, 3.05) is 21.1 Å². The number of hydrogen-bond acceptors (Lipinski definition) is 2. The highest BCUT2D eigenvalue weighted by atomic mass is 15.2. The van der Waals surface area contributed by atoms with Crippen molar-refractivity contribution in [1.82, 2.24) is 10.2 Å². The summed E-state index contributed by atoms with van der Waals surface area (Å²) in [7, 11) is 6.48. The fraction of sp³-hybridized carbons (Fsp3) is 1.00. The minimum atomic E-state index is 0.255. The van der Waals surface area contributed by atoms with Crippen LogP contribution in [0.15, 0.2) is 0 Å². The molecular weight excluding hydrogens is 184 g/mol. The van der Waals surface area contributed by atoms with E-state index in [-0.39, 0.29) is 5.54 Å². The van der Waals surface area contributed by atoms with Crippen LogP contribution < -0.4 is 5.32 Å². The van der Waals surface area contributed by atoms with Crippen LogP contribution in [-0.2, 0) is 0 Å². The Bertz CT molecular complexity index is 164. The van der Waals surface area contributed by atoms with Crippen molar-refractivity contribution in [3.05, 3.63) is 0 Å². The molecule has 15 heavy (non-hydrogen) atoms. The van der Waals surface area contributed by atoms with Gasteiger partial charge in [0, 0.05) is 11.6 Å². The van der Waals surface area contributed by atoms with Gasteiger partial charge in [-0.1, -0.05) is 33.6 Å². The summed E-state index contributed by atoms with van der Waals surface area (Å²) in [6.07, 6.45) is 3.69. The van der Waals surface area contributed by atoms with Crippen LogP contribution in [0.3, 0.4) is 0 Å². The van der Waals surface area contributed by atoms with Crippen LogP contribution in [0.2, 0.25) is 0 Å². The van der Waals surface area contributed by atoms with Gasteiger partial charge in [0.1, 0.15) is 0 Å². The molecule has 2 atom stereocenters. The van der Waals surface area contributed by atoms with E-state index in [1.165, 1.54) is 19.3 Å². The molecule has 0 amide bonds. The quantitative estimate of drug-likeness (QED) is 0.701. The molecule has 2 unspecified atom stereocenters. The molecule has 0 aromatic rings. The third-order valence-electron chi connectivity index (χ3n) is 4.24. The van der Waals surface area contributed by atoms with Crippen molar-refractivity contribution in [3.8, 4) is 0 Å². The maximum Gasteiger partial charge on any atom is 0.0328 e. The van der Waals surface area contributed by atoms with Crippen molar-refractivity contribution in [2.45, 2.75) is 58.5 Å². The Balaban J connectivity index is 4.89. The molecule has 0 saturated carbocycles. The van der Waals surface area contributed by atoms with Gasteiger partial charge in [-0.05, 0) is 40.4 Å². The van der Waals surface area contributed by atoms with E-state index in [4.69, 9.17) is 0 Å². The molecule has 92 valence electrons. The summed E-state index contributed by atoms with van der Waals surface area (Å²) in [6.45, 7) is 9.24. The Morgan fingerprint density at radius 3 is 1.80 bits per heavy atom. The fourth-order valence-electron chi connectivity index (χ4n) is 2.63. The minimum Gasteiger partial charge on any atom is -0.315 e. The van der Waals surface area contributed by atoms with Gasteiger partial charge in [-0.2, -0.15) is 0 Å². The molecule has 0 saturated heterocycles. The summed E-state index contributed by atoms with van der Waals surface area (Å²) in [5, 5.41) is 3.54. The largest absolute Gasteiger partial charge is 0.315 e. The van der Waals surface area contributed by atoms with E-state index in [0.29, 0.717) is 6.04 Å². The topological polar surface area (TPSA) is 15.3 Å². The summed E-state index contributed by atoms with van der Waals surface area (Å²) in [5.74, 6) is 0.766. The lowest BCUT2D eigenvalue weighted by atomic mass is 9.78. The van der Waals surface area contributed by atoms with Crippen LogP contribution in [-0.4, -0.2) is 37.6 Å². The van der Waals surface area contributed by atoms with Crippen LogP contribution in [0, 0.1) is 5.92 Å². The molecular formula is C13H30N2. The Morgan fingerprint density at radius 1 is 1.13 bits per heavy atom. The first-order chi connectivity index (χ1) is 6.97. The molecule has 2 nitrogen and oxygen atoms in total. The summed E-state index contributed by atoms with van der Waals surface area (Å²) >= 11 is 0. The average molecular weight is 214 g/mol. The highest BCUT2D eigenvalue weighted by Gasteiger charge is 2.37. The molecule has 0 spiro atoms. The molecule has 0 fully saturated rings. The van der Waals surface area contributed by atoms with Gasteiger partial charge in [-0.15, -0.1) is 0 Å². The van der Waals surface area contributed by atoms with Gasteiger partial charge < -0.3 is 10.2 Å². The van der Waals surface area contributed by atoms with Gasteiger partial charge in [0.25, 0.3) is 0 Å². The van der Waals surface area contributed by atoms with Gasteiger partial charge >= 0.3 is 0 Å². The van der Waals surface area contributed by atoms with Gasteiger partial charge in [0.05, 0.1) is 0 Å². The first kappa shape index (κ1) is 14.9. The number of nitrogens with one attached hydrogen (secondary N) is 1. The predicted molar refractivity (Wildman–Crippen MR) is 69.3 cm³/mol. The van der Waals surface area contributed by atoms with Crippen molar-refractivity contribution >= 4 is 0 Å². The standard InChI is InChI=1S/C13H30N2/c1-8-11(9-2)12(14-5)13(4,10-3)15(6)7/h11-12,14H,8-10H2,1-7H3. The van der Waals surface area contributed by atoms with Gasteiger partial charge in [-0.3, -0.25) is 0 Å². The van der Waals surface area contributed by atoms with Crippen molar-refractivity contribution in [3.63, 3.8) is 0 Å². The highest BCUT2D eigenvalue weighted by molar-refractivity contribution is 4.96. The van der Waals surface area contributed by atoms with Crippen molar-refractivity contribution in [2.24, 2.45) is 5.92 Å². The number of hydrogen-bond donors (Lipinski definition) is 1. The van der Waals surface area contributed by atoms with Crippen LogP contribution in [0.5, 0.6) is 0 Å². The Kier molecular flexibility index (Phi) is 6.46. The van der Waals surface area contributed by atoms with E-state index in [0.717, 1.165) is 5.92 Å². The summed E-state index contributed by atoms with van der Waals surface area (Å²) in [5.41, 5.74) is 0.255. The average Bonchev–Trinajstić information content (AvgIpc) is 2.24. The molecule has 0 radical (unpaired) electrons. The zero-order chi connectivity index (χ0) is 12.1. The van der Waals surface area contributed by atoms with E-state index in [2.05, 4.69) is 59.1 Å². The minimum absolute atomic E-state index is 0.255. The molecule has 0 heterocycles. The normalized spacial score (nSPS) is 18.2. The molecule has 0 aliphatic rings. The molecule has 0 aliphatic heterocycles. The van der Waals surface area contributed by atoms with Gasteiger partial charge in [0.2, 0.25) is 0 Å². The monoisotopic (exact) mass is 214 g/mol. The SMILES string of the molecule is CCC(CC)C(NC)C(C)(CC)N(C)C. The zero-order valence-corrected chi connectivity index (χ0v) is 11.7. The van der Waals surface area contributed by atoms with Crippen molar-refractivity contribution in [1.29, 1.82) is 0 Å². The summed E-state index contributed by atoms with van der Waals surface area (Å²) in [4.78, 5) is 2.37. The Morgan fingerprint density at radius 2 is 1.60 bits per heavy atom. The second kappa shape index (κ2) is 6.49. The summed E-state index contributed by atoms with van der Waals surface area (Å²) < 4.78 is 0. The molecule has 0 bridgehead atoms. The lowest BCUT2D eigenvalue weighted by Gasteiger charge is -2.46. The first-order valence-corrected chi connectivity index (χ1v) is 6.32. The van der Waals surface area contributed by atoms with Crippen molar-refractivity contribution < 1.29 is 0 Å². The number of rotatable bonds is 7. The zero-order valence-electron chi connectivity index (χ0n) is 11.7. The van der Waals surface area contributed by atoms with E-state index < -0.39 is 0 Å². The van der Waals surface area contributed by atoms with E-state index >= 15 is 0 Å². The fourth-order valence-corrected chi connectivity index (χ4v) is 2.63. The van der Waals surface area contributed by atoms with Gasteiger partial charge in [-0.25, -0.2) is 0 Å². The molecule has 1 N–H and O–H groups in total. The maximum atomic E-state index is 3.54. The molecule has 2 heteroatoms. The third kappa shape index (κ3) is 3.18. The second-order valence-corrected chi connectivity index (χ2v) is 4.95. The lowest BCUT2D eigenvalue weighted by molar-refractivity contribution is 0.0817. The number of nitrogens with zero attached hydrogens (tertiary/aromatic N) is 1. The van der Waals surface area contributed by atoms with E-state index in [9.17, 15) is 0 Å². The second-order valence-electron chi connectivity index (χ2n) is 4.95. The van der Waals surface area contributed by atoms with Crippen LogP contribution >= 0.6 is 0 Å². The third-order valence-corrected chi connectivity index (χ3v) is 4.24. The molecule has 0 rings (SSSR count). The van der Waals surface area contributed by atoms with Crippen LogP contribution in [0.1, 0.15) is 47.0 Å². The number of likely N-dealkylation sites (N-methyl/N-ethyl adjacent to an activating group) is 2. The van der Waals surface area contributed by atoms with E-state index in [1.807, 2.05) is 0 Å². The molecule has 0 aliphatic carbocycles.